The first-order chi connectivity index (χ1) is 11.5. The molecule has 0 aromatic heterocycles. The molecule has 122 valence electrons. The van der Waals surface area contributed by atoms with E-state index in [4.69, 9.17) is 5.26 Å². The Bertz CT molecular complexity index is 790. The minimum absolute atomic E-state index is 0.0132. The van der Waals surface area contributed by atoms with Gasteiger partial charge in [-0.2, -0.15) is 5.26 Å². The summed E-state index contributed by atoms with van der Waals surface area (Å²) in [5, 5.41) is 15.1. The van der Waals surface area contributed by atoms with Crippen LogP contribution in [0.1, 0.15) is 48.6 Å². The van der Waals surface area contributed by atoms with Crippen LogP contribution in [0.4, 0.5) is 4.79 Å². The second-order valence-electron chi connectivity index (χ2n) is 6.87. The Kier molecular flexibility index (Phi) is 4.26. The number of hydrogen-bond acceptors (Lipinski definition) is 2. The molecule has 1 aliphatic carbocycles. The lowest BCUT2D eigenvalue weighted by Gasteiger charge is -2.19. The first-order valence-corrected chi connectivity index (χ1v) is 8.12. The van der Waals surface area contributed by atoms with Crippen LogP contribution in [0.25, 0.3) is 0 Å². The van der Waals surface area contributed by atoms with Crippen molar-refractivity contribution in [1.82, 2.24) is 10.6 Å². The van der Waals surface area contributed by atoms with E-state index in [0.29, 0.717) is 12.1 Å². The van der Waals surface area contributed by atoms with Gasteiger partial charge in [0.25, 0.3) is 0 Å². The van der Waals surface area contributed by atoms with Gasteiger partial charge in [0.2, 0.25) is 0 Å². The van der Waals surface area contributed by atoms with Gasteiger partial charge in [0.05, 0.1) is 17.7 Å². The number of rotatable bonds is 3. The Labute approximate surface area is 142 Å². The van der Waals surface area contributed by atoms with E-state index in [1.54, 1.807) is 0 Å². The molecule has 0 fully saturated rings. The monoisotopic (exact) mass is 319 g/mol. The van der Waals surface area contributed by atoms with Gasteiger partial charge in [0.1, 0.15) is 0 Å². The topological polar surface area (TPSA) is 64.9 Å². The van der Waals surface area contributed by atoms with Crippen molar-refractivity contribution in [3.8, 4) is 6.07 Å². The molecule has 0 saturated carbocycles. The number of urea groups is 1. The van der Waals surface area contributed by atoms with Crippen molar-refractivity contribution in [1.29, 1.82) is 5.26 Å². The van der Waals surface area contributed by atoms with E-state index in [9.17, 15) is 4.79 Å². The highest BCUT2D eigenvalue weighted by Gasteiger charge is 2.37. The minimum Gasteiger partial charge on any atom is -0.334 e. The number of carbonyl (C=O) groups excluding carboxylic acids is 1. The summed E-state index contributed by atoms with van der Waals surface area (Å²) in [6.45, 7) is 4.83. The number of benzene rings is 2. The van der Waals surface area contributed by atoms with Crippen molar-refractivity contribution in [3.05, 3.63) is 70.8 Å². The molecule has 2 aromatic carbocycles. The molecule has 3 rings (SSSR count). The standard InChI is InChI=1S/C20H21N3O/c1-20(2)11-18(16-10-15(12-21)8-9-17(16)20)23-19(24)22-13-14-6-4-3-5-7-14/h3-10,18H,11,13H2,1-2H3,(H2,22,23,24). The van der Waals surface area contributed by atoms with Gasteiger partial charge >= 0.3 is 6.03 Å². The molecule has 4 heteroatoms. The van der Waals surface area contributed by atoms with E-state index < -0.39 is 0 Å². The van der Waals surface area contributed by atoms with E-state index in [2.05, 4.69) is 30.6 Å². The molecule has 4 nitrogen and oxygen atoms in total. The molecule has 2 amide bonds. The van der Waals surface area contributed by atoms with Crippen LogP contribution in [0.15, 0.2) is 48.5 Å². The lowest BCUT2D eigenvalue weighted by atomic mass is 9.86. The van der Waals surface area contributed by atoms with E-state index in [1.807, 2.05) is 48.5 Å². The average molecular weight is 319 g/mol. The molecule has 0 radical (unpaired) electrons. The fourth-order valence-corrected chi connectivity index (χ4v) is 3.38. The summed E-state index contributed by atoms with van der Waals surface area (Å²) in [4.78, 5) is 12.3. The summed E-state index contributed by atoms with van der Waals surface area (Å²) in [7, 11) is 0. The fourth-order valence-electron chi connectivity index (χ4n) is 3.38. The van der Waals surface area contributed by atoms with E-state index in [1.165, 1.54) is 5.56 Å². The molecule has 1 unspecified atom stereocenters. The Balaban J connectivity index is 1.70. The molecule has 0 spiro atoms. The predicted octanol–water partition coefficient (Wildman–Crippen LogP) is 3.78. The molecule has 0 bridgehead atoms. The summed E-state index contributed by atoms with van der Waals surface area (Å²) < 4.78 is 0. The number of nitrogens with zero attached hydrogens (tertiary/aromatic N) is 1. The van der Waals surface area contributed by atoms with Gasteiger partial charge in [-0.15, -0.1) is 0 Å². The van der Waals surface area contributed by atoms with Gasteiger partial charge in [-0.05, 0) is 40.7 Å². The maximum absolute atomic E-state index is 12.3. The summed E-state index contributed by atoms with van der Waals surface area (Å²) in [5.41, 5.74) is 3.93. The fraction of sp³-hybridized carbons (Fsp3) is 0.300. The third-order valence-corrected chi connectivity index (χ3v) is 4.60. The zero-order chi connectivity index (χ0) is 17.2. The quantitative estimate of drug-likeness (QED) is 0.904. The maximum Gasteiger partial charge on any atom is 0.315 e. The molecule has 1 aliphatic rings. The van der Waals surface area contributed by atoms with Crippen molar-refractivity contribution in [2.75, 3.05) is 0 Å². The second-order valence-corrected chi connectivity index (χ2v) is 6.87. The Hall–Kier alpha value is -2.80. The zero-order valence-corrected chi connectivity index (χ0v) is 14.0. The largest absolute Gasteiger partial charge is 0.334 e. The van der Waals surface area contributed by atoms with Crippen LogP contribution in [0.2, 0.25) is 0 Å². The number of nitrogens with one attached hydrogen (secondary N) is 2. The van der Waals surface area contributed by atoms with Crippen molar-refractivity contribution in [2.24, 2.45) is 0 Å². The van der Waals surface area contributed by atoms with E-state index in [0.717, 1.165) is 17.5 Å². The number of hydrogen-bond donors (Lipinski definition) is 2. The maximum atomic E-state index is 12.3. The highest BCUT2D eigenvalue weighted by molar-refractivity contribution is 5.75. The number of nitriles is 1. The van der Waals surface area contributed by atoms with Gasteiger partial charge in [-0.25, -0.2) is 4.79 Å². The summed E-state index contributed by atoms with van der Waals surface area (Å²) in [6.07, 6.45) is 0.829. The first kappa shape index (κ1) is 16.1. The molecule has 0 saturated heterocycles. The van der Waals surface area contributed by atoms with Gasteiger partial charge < -0.3 is 10.6 Å². The highest BCUT2D eigenvalue weighted by atomic mass is 16.2. The lowest BCUT2D eigenvalue weighted by molar-refractivity contribution is 0.235. The van der Waals surface area contributed by atoms with Gasteiger partial charge in [0.15, 0.2) is 0 Å². The molecule has 0 heterocycles. The Morgan fingerprint density at radius 2 is 2.00 bits per heavy atom. The summed E-state index contributed by atoms with van der Waals surface area (Å²) >= 11 is 0. The predicted molar refractivity (Wildman–Crippen MR) is 93.4 cm³/mol. The summed E-state index contributed by atoms with van der Waals surface area (Å²) in [5.74, 6) is 0. The second kappa shape index (κ2) is 6.37. The van der Waals surface area contributed by atoms with Crippen LogP contribution in [-0.4, -0.2) is 6.03 Å². The molecule has 2 N–H and O–H groups in total. The molecule has 1 atom stereocenters. The van der Waals surface area contributed by atoms with Gasteiger partial charge in [-0.1, -0.05) is 50.2 Å². The van der Waals surface area contributed by atoms with Crippen LogP contribution in [-0.2, 0) is 12.0 Å². The van der Waals surface area contributed by atoms with Crippen LogP contribution >= 0.6 is 0 Å². The molecular formula is C20H21N3O. The summed E-state index contributed by atoms with van der Waals surface area (Å²) in [6, 6.07) is 17.5. The molecule has 0 aliphatic heterocycles. The van der Waals surface area contributed by atoms with Crippen LogP contribution < -0.4 is 10.6 Å². The molecule has 2 aromatic rings. The number of fused-ring (bicyclic) bond motifs is 1. The van der Waals surface area contributed by atoms with Crippen molar-refractivity contribution in [3.63, 3.8) is 0 Å². The van der Waals surface area contributed by atoms with Crippen LogP contribution in [0.5, 0.6) is 0 Å². The third kappa shape index (κ3) is 3.26. The van der Waals surface area contributed by atoms with Crippen molar-refractivity contribution >= 4 is 6.03 Å². The SMILES string of the molecule is CC1(C)CC(NC(=O)NCc2ccccc2)c2cc(C#N)ccc21. The van der Waals surface area contributed by atoms with Crippen molar-refractivity contribution < 1.29 is 4.79 Å². The first-order valence-electron chi connectivity index (χ1n) is 8.12. The van der Waals surface area contributed by atoms with Crippen molar-refractivity contribution in [2.45, 2.75) is 38.3 Å². The number of carbonyl (C=O) groups is 1. The normalized spacial score (nSPS) is 17.6. The smallest absolute Gasteiger partial charge is 0.315 e. The van der Waals surface area contributed by atoms with Gasteiger partial charge in [0, 0.05) is 6.54 Å². The molecular weight excluding hydrogens is 298 g/mol. The third-order valence-electron chi connectivity index (χ3n) is 4.60. The van der Waals surface area contributed by atoms with E-state index in [-0.39, 0.29) is 17.5 Å². The Morgan fingerprint density at radius 3 is 2.71 bits per heavy atom. The van der Waals surface area contributed by atoms with Crippen LogP contribution in [0, 0.1) is 11.3 Å². The van der Waals surface area contributed by atoms with Gasteiger partial charge in [-0.3, -0.25) is 0 Å². The minimum atomic E-state index is -0.185. The molecule has 24 heavy (non-hydrogen) atoms. The average Bonchev–Trinajstić information content (AvgIpc) is 2.84. The van der Waals surface area contributed by atoms with Crippen LogP contribution in [0.3, 0.4) is 0 Å². The zero-order valence-electron chi connectivity index (χ0n) is 14.0. The number of amides is 2. The highest BCUT2D eigenvalue weighted by Crippen LogP contribution is 2.44. The Morgan fingerprint density at radius 1 is 1.25 bits per heavy atom. The lowest BCUT2D eigenvalue weighted by Crippen LogP contribution is -2.37. The van der Waals surface area contributed by atoms with E-state index >= 15 is 0 Å².